The summed E-state index contributed by atoms with van der Waals surface area (Å²) in [6.45, 7) is 0. The predicted molar refractivity (Wildman–Crippen MR) is 99.8 cm³/mol. The van der Waals surface area contributed by atoms with E-state index in [9.17, 15) is 4.79 Å². The number of allylic oxidation sites excluding steroid dienone is 1. The van der Waals surface area contributed by atoms with Gasteiger partial charge in [-0.1, -0.05) is 42.5 Å². The summed E-state index contributed by atoms with van der Waals surface area (Å²) in [5.74, 6) is 0.361. The fraction of sp³-hybridized carbons (Fsp3) is 0.227. The molecular weight excluding hydrogens is 322 g/mol. The Labute approximate surface area is 152 Å². The van der Waals surface area contributed by atoms with Gasteiger partial charge in [-0.25, -0.2) is 0 Å². The van der Waals surface area contributed by atoms with Crippen molar-refractivity contribution in [2.45, 2.75) is 24.7 Å². The van der Waals surface area contributed by atoms with Gasteiger partial charge in [0.1, 0.15) is 5.69 Å². The molecule has 1 atom stereocenters. The topological polar surface area (TPSA) is 58.6 Å². The summed E-state index contributed by atoms with van der Waals surface area (Å²) in [7, 11) is 0. The number of nitrogens with zero attached hydrogens (tertiary/aromatic N) is 2. The van der Waals surface area contributed by atoms with Gasteiger partial charge in [-0.15, -0.1) is 0 Å². The van der Waals surface area contributed by atoms with Crippen molar-refractivity contribution in [2.24, 2.45) is 5.92 Å². The van der Waals surface area contributed by atoms with Crippen molar-refractivity contribution in [3.63, 3.8) is 0 Å². The predicted octanol–water partition coefficient (Wildman–Crippen LogP) is 3.95. The first kappa shape index (κ1) is 15.3. The van der Waals surface area contributed by atoms with Crippen LogP contribution in [0.4, 0.5) is 0 Å². The molecule has 1 saturated carbocycles. The molecule has 0 bridgehead atoms. The maximum Gasteiger partial charge on any atom is 0.186 e. The molecule has 2 aliphatic carbocycles. The molecule has 2 aromatic heterocycles. The van der Waals surface area contributed by atoms with E-state index in [1.807, 2.05) is 18.5 Å². The van der Waals surface area contributed by atoms with Gasteiger partial charge in [0.25, 0.3) is 0 Å². The highest BCUT2D eigenvalue weighted by Crippen LogP contribution is 2.42. The molecule has 3 aromatic rings. The van der Waals surface area contributed by atoms with E-state index in [0.717, 1.165) is 30.5 Å². The summed E-state index contributed by atoms with van der Waals surface area (Å²) in [5.41, 5.74) is 4.71. The monoisotopic (exact) mass is 341 g/mol. The zero-order chi connectivity index (χ0) is 17.6. The maximum atomic E-state index is 12.5. The molecule has 128 valence electrons. The van der Waals surface area contributed by atoms with Crippen LogP contribution < -0.4 is 0 Å². The summed E-state index contributed by atoms with van der Waals surface area (Å²) in [6, 6.07) is 14.6. The van der Waals surface area contributed by atoms with Gasteiger partial charge in [0, 0.05) is 41.4 Å². The fourth-order valence-corrected chi connectivity index (χ4v) is 3.94. The number of H-pyrrole nitrogens is 1. The minimum Gasteiger partial charge on any atom is -0.292 e. The van der Waals surface area contributed by atoms with Crippen LogP contribution in [0.2, 0.25) is 0 Å². The molecule has 5 rings (SSSR count). The van der Waals surface area contributed by atoms with Crippen LogP contribution in [0, 0.1) is 5.92 Å². The largest absolute Gasteiger partial charge is 0.292 e. The van der Waals surface area contributed by atoms with Crippen molar-refractivity contribution in [2.75, 3.05) is 0 Å². The molecule has 26 heavy (non-hydrogen) atoms. The molecule has 0 spiro atoms. The van der Waals surface area contributed by atoms with E-state index in [1.54, 1.807) is 0 Å². The van der Waals surface area contributed by atoms with Crippen molar-refractivity contribution in [1.29, 1.82) is 0 Å². The SMILES string of the molecule is O=C(c1n[nH]c2c1C=CC(c1ccccc1)(c1ccncc1)C2)C1CC1. The number of nitrogens with one attached hydrogen (secondary N) is 1. The van der Waals surface area contributed by atoms with Crippen LogP contribution in [0.25, 0.3) is 6.08 Å². The molecule has 0 aliphatic heterocycles. The highest BCUT2D eigenvalue weighted by molar-refractivity contribution is 6.01. The summed E-state index contributed by atoms with van der Waals surface area (Å²) in [5, 5.41) is 7.52. The lowest BCUT2D eigenvalue weighted by Crippen LogP contribution is -2.30. The zero-order valence-electron chi connectivity index (χ0n) is 14.4. The fourth-order valence-electron chi connectivity index (χ4n) is 3.94. The van der Waals surface area contributed by atoms with Gasteiger partial charge in [0.15, 0.2) is 5.78 Å². The van der Waals surface area contributed by atoms with E-state index in [2.05, 4.69) is 63.7 Å². The van der Waals surface area contributed by atoms with Crippen LogP contribution in [0.15, 0.2) is 60.9 Å². The Morgan fingerprint density at radius 1 is 1.04 bits per heavy atom. The number of aromatic amines is 1. The molecule has 2 aliphatic rings. The Kier molecular flexibility index (Phi) is 3.38. The minimum absolute atomic E-state index is 0.178. The van der Waals surface area contributed by atoms with Crippen LogP contribution in [-0.4, -0.2) is 21.0 Å². The van der Waals surface area contributed by atoms with Crippen LogP contribution in [0.3, 0.4) is 0 Å². The summed E-state index contributed by atoms with van der Waals surface area (Å²) >= 11 is 0. The Hall–Kier alpha value is -3.01. The summed E-state index contributed by atoms with van der Waals surface area (Å²) in [6.07, 6.45) is 10.7. The molecule has 4 nitrogen and oxygen atoms in total. The third kappa shape index (κ3) is 2.33. The Balaban J connectivity index is 1.63. The van der Waals surface area contributed by atoms with E-state index in [4.69, 9.17) is 0 Å². The number of fused-ring (bicyclic) bond motifs is 1. The number of hydrogen-bond donors (Lipinski definition) is 1. The van der Waals surface area contributed by atoms with Crippen molar-refractivity contribution in [3.05, 3.63) is 89.0 Å². The van der Waals surface area contributed by atoms with Crippen molar-refractivity contribution in [1.82, 2.24) is 15.2 Å². The van der Waals surface area contributed by atoms with Crippen molar-refractivity contribution in [3.8, 4) is 0 Å². The number of Topliss-reactive ketones (excluding diaryl/α,β-unsaturated/α-hetero) is 1. The van der Waals surface area contributed by atoms with Crippen molar-refractivity contribution >= 4 is 11.9 Å². The third-order valence-corrected chi connectivity index (χ3v) is 5.54. The Morgan fingerprint density at radius 3 is 2.50 bits per heavy atom. The molecule has 1 aromatic carbocycles. The second-order valence-electron chi connectivity index (χ2n) is 7.19. The van der Waals surface area contributed by atoms with Gasteiger partial charge >= 0.3 is 0 Å². The first-order valence-corrected chi connectivity index (χ1v) is 9.05. The number of carbonyl (C=O) groups excluding carboxylic acids is 1. The molecule has 1 N–H and O–H groups in total. The molecule has 2 heterocycles. The number of aromatic nitrogens is 3. The quantitative estimate of drug-likeness (QED) is 0.731. The molecular formula is C22H19N3O. The van der Waals surface area contributed by atoms with E-state index in [1.165, 1.54) is 11.1 Å². The smallest absolute Gasteiger partial charge is 0.186 e. The average Bonchev–Trinajstić information content (AvgIpc) is 3.48. The third-order valence-electron chi connectivity index (χ3n) is 5.54. The Bertz CT molecular complexity index is 945. The van der Waals surface area contributed by atoms with Crippen LogP contribution in [0.1, 0.15) is 45.7 Å². The van der Waals surface area contributed by atoms with Crippen LogP contribution in [-0.2, 0) is 11.8 Å². The number of ketones is 1. The zero-order valence-corrected chi connectivity index (χ0v) is 14.4. The van der Waals surface area contributed by atoms with E-state index < -0.39 is 0 Å². The number of carbonyl (C=O) groups is 1. The highest BCUT2D eigenvalue weighted by atomic mass is 16.1. The molecule has 0 saturated heterocycles. The van der Waals surface area contributed by atoms with Gasteiger partial charge in [0.2, 0.25) is 0 Å². The van der Waals surface area contributed by atoms with Crippen molar-refractivity contribution < 1.29 is 4.79 Å². The van der Waals surface area contributed by atoms with Crippen LogP contribution >= 0.6 is 0 Å². The number of benzene rings is 1. The number of hydrogen-bond acceptors (Lipinski definition) is 3. The normalized spacial score (nSPS) is 21.4. The lowest BCUT2D eigenvalue weighted by Gasteiger charge is -2.34. The molecule has 0 radical (unpaired) electrons. The first-order chi connectivity index (χ1) is 12.8. The van der Waals surface area contributed by atoms with Gasteiger partial charge in [-0.3, -0.25) is 14.9 Å². The van der Waals surface area contributed by atoms with Gasteiger partial charge in [-0.05, 0) is 36.1 Å². The second kappa shape index (κ2) is 5.77. The molecule has 0 amide bonds. The van der Waals surface area contributed by atoms with Gasteiger partial charge in [-0.2, -0.15) is 5.10 Å². The molecule has 4 heteroatoms. The van der Waals surface area contributed by atoms with E-state index in [0.29, 0.717) is 5.69 Å². The minimum atomic E-state index is -0.288. The van der Waals surface area contributed by atoms with E-state index in [-0.39, 0.29) is 17.1 Å². The summed E-state index contributed by atoms with van der Waals surface area (Å²) < 4.78 is 0. The molecule has 1 unspecified atom stereocenters. The lowest BCUT2D eigenvalue weighted by atomic mass is 9.68. The lowest BCUT2D eigenvalue weighted by molar-refractivity contribution is 0.0962. The maximum absolute atomic E-state index is 12.5. The molecule has 1 fully saturated rings. The first-order valence-electron chi connectivity index (χ1n) is 9.05. The van der Waals surface area contributed by atoms with E-state index >= 15 is 0 Å². The Morgan fingerprint density at radius 2 is 1.77 bits per heavy atom. The number of pyridine rings is 1. The summed E-state index contributed by atoms with van der Waals surface area (Å²) in [4.78, 5) is 16.7. The van der Waals surface area contributed by atoms with Gasteiger partial charge in [0.05, 0.1) is 0 Å². The van der Waals surface area contributed by atoms with Crippen LogP contribution in [0.5, 0.6) is 0 Å². The second-order valence-corrected chi connectivity index (χ2v) is 7.19. The highest BCUT2D eigenvalue weighted by Gasteiger charge is 2.39. The van der Waals surface area contributed by atoms with Gasteiger partial charge < -0.3 is 0 Å². The average molecular weight is 341 g/mol. The standard InChI is InChI=1S/C22H19N3O/c26-21(15-6-7-15)20-18-8-11-22(14-19(18)24-25-20,16-4-2-1-3-5-16)17-9-12-23-13-10-17/h1-5,8-13,15H,6-7,14H2,(H,24,25). The number of rotatable bonds is 4.